The number of hydrogen-bond donors (Lipinski definition) is 2. The molecule has 0 heterocycles. The molecule has 0 aromatic heterocycles. The Labute approximate surface area is 119 Å². The summed E-state index contributed by atoms with van der Waals surface area (Å²) in [5, 5.41) is 12.0. The molecule has 102 valence electrons. The molecule has 0 bridgehead atoms. The van der Waals surface area contributed by atoms with Gasteiger partial charge in [0.25, 0.3) is 0 Å². The van der Waals surface area contributed by atoms with Crippen molar-refractivity contribution in [3.63, 3.8) is 0 Å². The van der Waals surface area contributed by atoms with E-state index in [1.165, 1.54) is 32.7 Å². The highest BCUT2D eigenvalue weighted by atomic mass is 14.8. The van der Waals surface area contributed by atoms with Crippen molar-refractivity contribution in [2.75, 3.05) is 14.1 Å². The summed E-state index contributed by atoms with van der Waals surface area (Å²) < 4.78 is 0. The normalized spacial score (nSPS) is 11.3. The molecule has 0 spiro atoms. The summed E-state index contributed by atoms with van der Waals surface area (Å²) in [6, 6.07) is 17.4. The van der Waals surface area contributed by atoms with Crippen molar-refractivity contribution < 1.29 is 0 Å². The lowest BCUT2D eigenvalue weighted by Gasteiger charge is -2.16. The molecule has 3 aromatic rings. The van der Waals surface area contributed by atoms with Gasteiger partial charge in [-0.1, -0.05) is 48.5 Å². The van der Waals surface area contributed by atoms with Crippen LogP contribution < -0.4 is 10.6 Å². The van der Waals surface area contributed by atoms with Crippen LogP contribution in [0.1, 0.15) is 11.1 Å². The van der Waals surface area contributed by atoms with E-state index in [-0.39, 0.29) is 0 Å². The number of rotatable bonds is 4. The van der Waals surface area contributed by atoms with Gasteiger partial charge in [-0.3, -0.25) is 0 Å². The lowest BCUT2D eigenvalue weighted by atomic mass is 9.91. The average molecular weight is 264 g/mol. The average Bonchev–Trinajstić information content (AvgIpc) is 2.50. The van der Waals surface area contributed by atoms with Gasteiger partial charge in [-0.05, 0) is 46.8 Å². The first-order chi connectivity index (χ1) is 9.86. The Kier molecular flexibility index (Phi) is 3.68. The largest absolute Gasteiger partial charge is 0.316 e. The summed E-state index contributed by atoms with van der Waals surface area (Å²) in [7, 11) is 4.01. The van der Waals surface area contributed by atoms with E-state index in [2.05, 4.69) is 59.2 Å². The van der Waals surface area contributed by atoms with Crippen molar-refractivity contribution in [1.29, 1.82) is 0 Å². The lowest BCUT2D eigenvalue weighted by molar-refractivity contribution is 0.822. The quantitative estimate of drug-likeness (QED) is 0.705. The second kappa shape index (κ2) is 5.61. The molecule has 3 aromatic carbocycles. The van der Waals surface area contributed by atoms with E-state index in [1.807, 2.05) is 14.1 Å². The first-order valence-electron chi connectivity index (χ1n) is 7.07. The van der Waals surface area contributed by atoms with E-state index in [4.69, 9.17) is 0 Å². The number of fused-ring (bicyclic) bond motifs is 2. The molecule has 2 nitrogen and oxygen atoms in total. The molecule has 0 atom stereocenters. The fourth-order valence-corrected chi connectivity index (χ4v) is 3.04. The minimum atomic E-state index is 0.890. The lowest BCUT2D eigenvalue weighted by Crippen LogP contribution is -2.10. The van der Waals surface area contributed by atoms with E-state index in [9.17, 15) is 0 Å². The maximum Gasteiger partial charge on any atom is 0.0214 e. The third-order valence-corrected chi connectivity index (χ3v) is 3.86. The van der Waals surface area contributed by atoms with Crippen LogP contribution in [0.25, 0.3) is 21.5 Å². The van der Waals surface area contributed by atoms with Crippen LogP contribution in [0.15, 0.2) is 48.5 Å². The van der Waals surface area contributed by atoms with Crippen molar-refractivity contribution in [2.24, 2.45) is 0 Å². The highest BCUT2D eigenvalue weighted by Crippen LogP contribution is 2.32. The first kappa shape index (κ1) is 13.1. The Morgan fingerprint density at radius 1 is 0.600 bits per heavy atom. The second-order valence-corrected chi connectivity index (χ2v) is 5.11. The zero-order chi connectivity index (χ0) is 13.9. The van der Waals surface area contributed by atoms with E-state index in [0.29, 0.717) is 0 Å². The minimum Gasteiger partial charge on any atom is -0.316 e. The number of nitrogens with one attached hydrogen (secondary N) is 2. The standard InChI is InChI=1S/C18H20N2/c1-19-11-17-13-7-3-5-9-15(13)18(12-20-2)16-10-6-4-8-14(16)17/h3-10,19-20H,11-12H2,1-2H3. The summed E-state index contributed by atoms with van der Waals surface area (Å²) in [6.07, 6.45) is 0. The molecule has 0 aliphatic carbocycles. The van der Waals surface area contributed by atoms with Crippen LogP contribution in [0.3, 0.4) is 0 Å². The van der Waals surface area contributed by atoms with Gasteiger partial charge in [-0.2, -0.15) is 0 Å². The number of hydrogen-bond acceptors (Lipinski definition) is 2. The zero-order valence-electron chi connectivity index (χ0n) is 12.0. The van der Waals surface area contributed by atoms with Crippen molar-refractivity contribution in [1.82, 2.24) is 10.6 Å². The van der Waals surface area contributed by atoms with Crippen LogP contribution in [0.5, 0.6) is 0 Å². The van der Waals surface area contributed by atoms with Gasteiger partial charge in [0, 0.05) is 13.1 Å². The van der Waals surface area contributed by atoms with Gasteiger partial charge in [0.05, 0.1) is 0 Å². The van der Waals surface area contributed by atoms with Crippen LogP contribution in [-0.2, 0) is 13.1 Å². The van der Waals surface area contributed by atoms with Crippen LogP contribution in [-0.4, -0.2) is 14.1 Å². The van der Waals surface area contributed by atoms with Gasteiger partial charge in [-0.15, -0.1) is 0 Å². The minimum absolute atomic E-state index is 0.890. The Morgan fingerprint density at radius 3 is 1.15 bits per heavy atom. The fraction of sp³-hybridized carbons (Fsp3) is 0.222. The van der Waals surface area contributed by atoms with Crippen molar-refractivity contribution >= 4 is 21.5 Å². The van der Waals surface area contributed by atoms with E-state index in [1.54, 1.807) is 0 Å². The summed E-state index contributed by atoms with van der Waals surface area (Å²) >= 11 is 0. The molecule has 0 fully saturated rings. The van der Waals surface area contributed by atoms with Gasteiger partial charge in [0.1, 0.15) is 0 Å². The first-order valence-corrected chi connectivity index (χ1v) is 7.07. The predicted octanol–water partition coefficient (Wildman–Crippen LogP) is 3.43. The maximum absolute atomic E-state index is 3.30. The molecule has 0 saturated heterocycles. The second-order valence-electron chi connectivity index (χ2n) is 5.11. The molecular formula is C18H20N2. The molecule has 0 amide bonds. The Hall–Kier alpha value is -1.90. The smallest absolute Gasteiger partial charge is 0.0214 e. The molecular weight excluding hydrogens is 244 g/mol. The van der Waals surface area contributed by atoms with Gasteiger partial charge < -0.3 is 10.6 Å². The number of benzene rings is 3. The molecule has 20 heavy (non-hydrogen) atoms. The maximum atomic E-state index is 3.30. The zero-order valence-corrected chi connectivity index (χ0v) is 12.0. The molecule has 2 N–H and O–H groups in total. The molecule has 0 unspecified atom stereocenters. The molecule has 0 aliphatic heterocycles. The fourth-order valence-electron chi connectivity index (χ4n) is 3.04. The predicted molar refractivity (Wildman–Crippen MR) is 87.0 cm³/mol. The topological polar surface area (TPSA) is 24.1 Å². The highest BCUT2D eigenvalue weighted by molar-refractivity contribution is 6.05. The van der Waals surface area contributed by atoms with Gasteiger partial charge in [-0.25, -0.2) is 0 Å². The highest BCUT2D eigenvalue weighted by Gasteiger charge is 2.12. The summed E-state index contributed by atoms with van der Waals surface area (Å²) in [5.74, 6) is 0. The summed E-state index contributed by atoms with van der Waals surface area (Å²) in [6.45, 7) is 1.78. The molecule has 0 saturated carbocycles. The summed E-state index contributed by atoms with van der Waals surface area (Å²) in [5.41, 5.74) is 2.78. The van der Waals surface area contributed by atoms with Crippen molar-refractivity contribution in [3.8, 4) is 0 Å². The van der Waals surface area contributed by atoms with Crippen LogP contribution in [0.2, 0.25) is 0 Å². The molecule has 0 aliphatic rings. The summed E-state index contributed by atoms with van der Waals surface area (Å²) in [4.78, 5) is 0. The van der Waals surface area contributed by atoms with Crippen molar-refractivity contribution in [2.45, 2.75) is 13.1 Å². The third kappa shape index (κ3) is 2.07. The Bertz CT molecular complexity index is 626. The third-order valence-electron chi connectivity index (χ3n) is 3.86. The van der Waals surface area contributed by atoms with Gasteiger partial charge in [0.15, 0.2) is 0 Å². The molecule has 0 radical (unpaired) electrons. The Morgan fingerprint density at radius 2 is 0.900 bits per heavy atom. The monoisotopic (exact) mass is 264 g/mol. The van der Waals surface area contributed by atoms with E-state index < -0.39 is 0 Å². The van der Waals surface area contributed by atoms with Gasteiger partial charge >= 0.3 is 0 Å². The molecule has 3 rings (SSSR count). The van der Waals surface area contributed by atoms with Gasteiger partial charge in [0.2, 0.25) is 0 Å². The van der Waals surface area contributed by atoms with E-state index in [0.717, 1.165) is 13.1 Å². The van der Waals surface area contributed by atoms with Crippen LogP contribution >= 0.6 is 0 Å². The Balaban J connectivity index is 2.47. The SMILES string of the molecule is CNCc1c2ccccc2c(CNC)c2ccccc12. The van der Waals surface area contributed by atoms with E-state index >= 15 is 0 Å². The van der Waals surface area contributed by atoms with Crippen molar-refractivity contribution in [3.05, 3.63) is 59.7 Å². The van der Waals surface area contributed by atoms with Crippen LogP contribution in [0.4, 0.5) is 0 Å². The van der Waals surface area contributed by atoms with Crippen LogP contribution in [0, 0.1) is 0 Å². The molecule has 2 heteroatoms.